The number of nitrogen functional groups attached to an aromatic ring is 1. The van der Waals surface area contributed by atoms with E-state index in [9.17, 15) is 0 Å². The summed E-state index contributed by atoms with van der Waals surface area (Å²) in [6.45, 7) is 16.2. The van der Waals surface area contributed by atoms with Gasteiger partial charge in [-0.25, -0.2) is 4.98 Å². The topological polar surface area (TPSA) is 63.9 Å². The molecule has 0 atom stereocenters. The van der Waals surface area contributed by atoms with E-state index in [1.807, 2.05) is 13.1 Å². The Morgan fingerprint density at radius 2 is 1.89 bits per heavy atom. The van der Waals surface area contributed by atoms with E-state index in [4.69, 9.17) is 15.5 Å². The van der Waals surface area contributed by atoms with Crippen LogP contribution < -0.4 is 15.8 Å². The Balaban J connectivity index is 2.29. The van der Waals surface area contributed by atoms with Crippen LogP contribution in [0.4, 0.5) is 5.69 Å². The number of ether oxygens (including phenoxy) is 1. The van der Waals surface area contributed by atoms with Crippen LogP contribution in [-0.4, -0.2) is 24.6 Å². The van der Waals surface area contributed by atoms with Gasteiger partial charge in [-0.3, -0.25) is 0 Å². The van der Waals surface area contributed by atoms with Gasteiger partial charge in [0.25, 0.3) is 0 Å². The van der Waals surface area contributed by atoms with E-state index in [0.717, 1.165) is 39.2 Å². The summed E-state index contributed by atoms with van der Waals surface area (Å²) < 4.78 is 6.05. The molecule has 27 heavy (non-hydrogen) atoms. The highest BCUT2D eigenvalue weighted by Gasteiger charge is 2.27. The molecule has 0 fully saturated rings. The monoisotopic (exact) mass is 381 g/mol. The number of nitrogens with zero attached hydrogens (tertiary/aromatic N) is 1. The number of hydrogen-bond donors (Lipinski definition) is 2. The van der Waals surface area contributed by atoms with Crippen molar-refractivity contribution in [3.05, 3.63) is 35.5 Å². The third-order valence-corrected chi connectivity index (χ3v) is 6.80. The molecule has 0 saturated heterocycles. The Morgan fingerprint density at radius 1 is 1.19 bits per heavy atom. The van der Waals surface area contributed by atoms with E-state index in [1.165, 1.54) is 10.9 Å². The molecular formula is C22H31N3OSi. The fourth-order valence-electron chi connectivity index (χ4n) is 3.34. The molecule has 5 heteroatoms. The van der Waals surface area contributed by atoms with Crippen molar-refractivity contribution in [2.24, 2.45) is 5.92 Å². The van der Waals surface area contributed by atoms with E-state index in [-0.39, 0.29) is 0 Å². The number of fused-ring (bicyclic) bond motifs is 1. The van der Waals surface area contributed by atoms with Crippen LogP contribution in [-0.2, 0) is 0 Å². The van der Waals surface area contributed by atoms with Gasteiger partial charge >= 0.3 is 0 Å². The summed E-state index contributed by atoms with van der Waals surface area (Å²) in [4.78, 5) is 8.31. The number of aryl methyl sites for hydroxylation is 2. The molecule has 1 aromatic carbocycles. The molecule has 0 spiro atoms. The molecule has 3 rings (SSSR count). The van der Waals surface area contributed by atoms with Gasteiger partial charge in [-0.1, -0.05) is 45.6 Å². The molecular weight excluding hydrogens is 350 g/mol. The van der Waals surface area contributed by atoms with Gasteiger partial charge < -0.3 is 15.5 Å². The lowest BCUT2D eigenvalue weighted by molar-refractivity contribution is 0.269. The zero-order valence-electron chi connectivity index (χ0n) is 17.5. The first-order chi connectivity index (χ1) is 12.6. The van der Waals surface area contributed by atoms with Gasteiger partial charge in [-0.05, 0) is 37.0 Å². The third-order valence-electron chi connectivity index (χ3n) is 4.93. The molecule has 2 heterocycles. The van der Waals surface area contributed by atoms with Crippen molar-refractivity contribution < 1.29 is 4.74 Å². The maximum Gasteiger partial charge on any atom is 0.141 e. The Kier molecular flexibility index (Phi) is 5.08. The smallest absolute Gasteiger partial charge is 0.141 e. The lowest BCUT2D eigenvalue weighted by Crippen LogP contribution is -2.39. The van der Waals surface area contributed by atoms with E-state index in [1.54, 1.807) is 0 Å². The van der Waals surface area contributed by atoms with Gasteiger partial charge in [-0.15, -0.1) is 0 Å². The van der Waals surface area contributed by atoms with Gasteiger partial charge in [0, 0.05) is 27.5 Å². The first-order valence-electron chi connectivity index (χ1n) is 9.60. The molecule has 0 bridgehead atoms. The molecule has 0 aliphatic rings. The van der Waals surface area contributed by atoms with Crippen LogP contribution in [0, 0.1) is 19.8 Å². The number of aromatic nitrogens is 2. The zero-order chi connectivity index (χ0) is 19.9. The summed E-state index contributed by atoms with van der Waals surface area (Å²) in [5.74, 6) is 1.33. The number of benzene rings is 1. The third kappa shape index (κ3) is 3.74. The fraction of sp³-hybridized carbons (Fsp3) is 0.409. The maximum atomic E-state index is 6.24. The second-order valence-electron chi connectivity index (χ2n) is 8.87. The lowest BCUT2D eigenvalue weighted by atomic mass is 10.0. The summed E-state index contributed by atoms with van der Waals surface area (Å²) in [6, 6.07) is 6.35. The second kappa shape index (κ2) is 7.04. The second-order valence-corrected chi connectivity index (χ2v) is 13.9. The summed E-state index contributed by atoms with van der Waals surface area (Å²) in [5, 5.41) is 2.45. The number of H-pyrrole nitrogens is 1. The van der Waals surface area contributed by atoms with Crippen LogP contribution in [0.3, 0.4) is 0 Å². The van der Waals surface area contributed by atoms with Gasteiger partial charge in [0.15, 0.2) is 0 Å². The van der Waals surface area contributed by atoms with Gasteiger partial charge in [0.2, 0.25) is 0 Å². The standard InChI is InChI=1S/C22H31N3OSi/c1-13(2)12-26-18-11-24-21-19(15(18)4)20(22(25-21)27(5,6)7)16-9-8-14(3)17(23)10-16/h8-11,13H,12,23H2,1-7H3,(H,24,25). The average molecular weight is 382 g/mol. The summed E-state index contributed by atoms with van der Waals surface area (Å²) >= 11 is 0. The highest BCUT2D eigenvalue weighted by Crippen LogP contribution is 2.35. The molecule has 144 valence electrons. The van der Waals surface area contributed by atoms with Crippen molar-refractivity contribution >= 4 is 30.1 Å². The number of pyridine rings is 1. The normalized spacial score (nSPS) is 12.1. The summed E-state index contributed by atoms with van der Waals surface area (Å²) in [6.07, 6.45) is 1.85. The molecule has 0 aliphatic carbocycles. The van der Waals surface area contributed by atoms with Crippen LogP contribution in [0.5, 0.6) is 5.75 Å². The molecule has 4 nitrogen and oxygen atoms in total. The SMILES string of the molecule is Cc1ccc(-c2c([Si](C)(C)C)[nH]c3ncc(OCC(C)C)c(C)c23)cc1N. The van der Waals surface area contributed by atoms with Gasteiger partial charge in [0.1, 0.15) is 11.4 Å². The Morgan fingerprint density at radius 3 is 2.48 bits per heavy atom. The van der Waals surface area contributed by atoms with Crippen LogP contribution in [0.25, 0.3) is 22.2 Å². The average Bonchev–Trinajstić information content (AvgIpc) is 2.97. The Bertz CT molecular complexity index is 983. The van der Waals surface area contributed by atoms with Crippen molar-refractivity contribution in [2.75, 3.05) is 12.3 Å². The summed E-state index contributed by atoms with van der Waals surface area (Å²) in [7, 11) is -1.63. The first kappa shape index (κ1) is 19.5. The van der Waals surface area contributed by atoms with Crippen molar-refractivity contribution in [2.45, 2.75) is 47.3 Å². The number of nitrogens with one attached hydrogen (secondary N) is 1. The molecule has 0 saturated carbocycles. The highest BCUT2D eigenvalue weighted by molar-refractivity contribution is 6.89. The fourth-order valence-corrected chi connectivity index (χ4v) is 4.85. The van der Waals surface area contributed by atoms with E-state index in [0.29, 0.717) is 12.5 Å². The molecule has 3 N–H and O–H groups in total. The molecule has 0 amide bonds. The van der Waals surface area contributed by atoms with Crippen LogP contribution in [0.1, 0.15) is 25.0 Å². The molecule has 3 aromatic rings. The quantitative estimate of drug-likeness (QED) is 0.482. The molecule has 0 radical (unpaired) electrons. The van der Waals surface area contributed by atoms with E-state index in [2.05, 4.69) is 63.6 Å². The molecule has 0 aliphatic heterocycles. The molecule has 0 unspecified atom stereocenters. The van der Waals surface area contributed by atoms with Crippen LogP contribution >= 0.6 is 0 Å². The van der Waals surface area contributed by atoms with E-state index >= 15 is 0 Å². The number of anilines is 1. The number of nitrogens with two attached hydrogens (primary N) is 1. The Hall–Kier alpha value is -2.27. The predicted molar refractivity (Wildman–Crippen MR) is 119 cm³/mol. The minimum atomic E-state index is -1.63. The minimum absolute atomic E-state index is 0.472. The molecule has 2 aromatic heterocycles. The van der Waals surface area contributed by atoms with Crippen LogP contribution in [0.15, 0.2) is 24.4 Å². The number of rotatable bonds is 5. The van der Waals surface area contributed by atoms with Crippen molar-refractivity contribution in [3.63, 3.8) is 0 Å². The number of aromatic amines is 1. The van der Waals surface area contributed by atoms with Gasteiger partial charge in [0.05, 0.1) is 20.9 Å². The number of hydrogen-bond acceptors (Lipinski definition) is 3. The highest BCUT2D eigenvalue weighted by atomic mass is 28.3. The minimum Gasteiger partial charge on any atom is -0.491 e. The van der Waals surface area contributed by atoms with Crippen molar-refractivity contribution in [1.82, 2.24) is 9.97 Å². The summed E-state index contributed by atoms with van der Waals surface area (Å²) in [5.41, 5.74) is 12.6. The van der Waals surface area contributed by atoms with E-state index < -0.39 is 8.07 Å². The van der Waals surface area contributed by atoms with Gasteiger partial charge in [-0.2, -0.15) is 0 Å². The largest absolute Gasteiger partial charge is 0.491 e. The maximum absolute atomic E-state index is 6.24. The first-order valence-corrected chi connectivity index (χ1v) is 13.1. The van der Waals surface area contributed by atoms with Crippen molar-refractivity contribution in [1.29, 1.82) is 0 Å². The van der Waals surface area contributed by atoms with Crippen LogP contribution in [0.2, 0.25) is 19.6 Å². The predicted octanol–water partition coefficient (Wildman–Crippen LogP) is 5.01. The Labute approximate surface area is 163 Å². The lowest BCUT2D eigenvalue weighted by Gasteiger charge is -2.18. The van der Waals surface area contributed by atoms with Crippen molar-refractivity contribution in [3.8, 4) is 16.9 Å². The zero-order valence-corrected chi connectivity index (χ0v) is 18.5.